The molecular formula is C21H35NO3. The smallest absolute Gasteiger partial charge is 0.161 e. The average molecular weight is 350 g/mol. The Bertz CT molecular complexity index is 498. The van der Waals surface area contributed by atoms with Crippen LogP contribution in [-0.2, 0) is 11.2 Å². The molecule has 0 aliphatic rings. The van der Waals surface area contributed by atoms with E-state index < -0.39 is 0 Å². The zero-order valence-corrected chi connectivity index (χ0v) is 16.5. The summed E-state index contributed by atoms with van der Waals surface area (Å²) < 4.78 is 11.4. The third-order valence-electron chi connectivity index (χ3n) is 4.29. The van der Waals surface area contributed by atoms with Gasteiger partial charge in [-0.25, -0.2) is 0 Å². The third-order valence-corrected chi connectivity index (χ3v) is 4.29. The van der Waals surface area contributed by atoms with Crippen molar-refractivity contribution in [3.05, 3.63) is 23.8 Å². The Morgan fingerprint density at radius 1 is 1.00 bits per heavy atom. The van der Waals surface area contributed by atoms with Crippen LogP contribution < -0.4 is 9.47 Å². The highest BCUT2D eigenvalue weighted by atomic mass is 16.5. The van der Waals surface area contributed by atoms with Crippen LogP contribution in [-0.4, -0.2) is 43.5 Å². The Labute approximate surface area is 153 Å². The Kier molecular flexibility index (Phi) is 11.0. The predicted molar refractivity (Wildman–Crippen MR) is 104 cm³/mol. The molecule has 1 rings (SSSR count). The van der Waals surface area contributed by atoms with Gasteiger partial charge in [-0.1, -0.05) is 26.8 Å². The van der Waals surface area contributed by atoms with Crippen molar-refractivity contribution in [1.29, 1.82) is 0 Å². The highest BCUT2D eigenvalue weighted by Gasteiger charge is 2.08. The standard InChI is InChI=1S/C21H35NO3/c1-5-16-25-20-13-12-18(17-21(20)24-8-4)10-9-11-19(23)14-15-22(6-2)7-3/h12-13,17H,5-11,14-16H2,1-4H3. The molecule has 1 aromatic rings. The summed E-state index contributed by atoms with van der Waals surface area (Å²) in [4.78, 5) is 14.3. The second-order valence-corrected chi connectivity index (χ2v) is 6.23. The van der Waals surface area contributed by atoms with Gasteiger partial charge in [-0.15, -0.1) is 0 Å². The van der Waals surface area contributed by atoms with E-state index in [-0.39, 0.29) is 0 Å². The number of carbonyl (C=O) groups is 1. The van der Waals surface area contributed by atoms with Crippen molar-refractivity contribution in [2.45, 2.75) is 59.8 Å². The number of benzene rings is 1. The van der Waals surface area contributed by atoms with Crippen LogP contribution in [0.3, 0.4) is 0 Å². The zero-order valence-electron chi connectivity index (χ0n) is 16.5. The summed E-state index contributed by atoms with van der Waals surface area (Å²) in [7, 11) is 0. The monoisotopic (exact) mass is 349 g/mol. The Morgan fingerprint density at radius 2 is 1.76 bits per heavy atom. The SMILES string of the molecule is CCCOc1ccc(CCCC(=O)CCN(CC)CC)cc1OCC. The molecule has 4 nitrogen and oxygen atoms in total. The maximum atomic E-state index is 12.0. The van der Waals surface area contributed by atoms with Gasteiger partial charge in [0.05, 0.1) is 13.2 Å². The fraction of sp³-hybridized carbons (Fsp3) is 0.667. The molecule has 0 radical (unpaired) electrons. The number of hydrogen-bond acceptors (Lipinski definition) is 4. The highest BCUT2D eigenvalue weighted by molar-refractivity contribution is 5.78. The molecule has 0 unspecified atom stereocenters. The molecule has 0 aliphatic carbocycles. The molecule has 0 aliphatic heterocycles. The van der Waals surface area contributed by atoms with E-state index in [1.807, 2.05) is 13.0 Å². The van der Waals surface area contributed by atoms with Gasteiger partial charge in [0.2, 0.25) is 0 Å². The van der Waals surface area contributed by atoms with Gasteiger partial charge in [-0.05, 0) is 57.0 Å². The van der Waals surface area contributed by atoms with Crippen molar-refractivity contribution < 1.29 is 14.3 Å². The molecule has 4 heteroatoms. The van der Waals surface area contributed by atoms with Crippen molar-refractivity contribution in [1.82, 2.24) is 4.90 Å². The van der Waals surface area contributed by atoms with Gasteiger partial charge in [-0.3, -0.25) is 4.79 Å². The van der Waals surface area contributed by atoms with Gasteiger partial charge in [0.1, 0.15) is 5.78 Å². The topological polar surface area (TPSA) is 38.8 Å². The van der Waals surface area contributed by atoms with Crippen LogP contribution in [0.25, 0.3) is 0 Å². The fourth-order valence-electron chi connectivity index (χ4n) is 2.74. The first-order valence-electron chi connectivity index (χ1n) is 9.77. The number of nitrogens with zero attached hydrogens (tertiary/aromatic N) is 1. The highest BCUT2D eigenvalue weighted by Crippen LogP contribution is 2.29. The van der Waals surface area contributed by atoms with Gasteiger partial charge in [-0.2, -0.15) is 0 Å². The van der Waals surface area contributed by atoms with Crippen LogP contribution in [0.2, 0.25) is 0 Å². The maximum absolute atomic E-state index is 12.0. The first kappa shape index (κ1) is 21.5. The molecule has 0 saturated carbocycles. The summed E-state index contributed by atoms with van der Waals surface area (Å²) in [5.74, 6) is 1.98. The summed E-state index contributed by atoms with van der Waals surface area (Å²) in [6, 6.07) is 6.11. The second-order valence-electron chi connectivity index (χ2n) is 6.23. The number of ketones is 1. The number of ether oxygens (including phenoxy) is 2. The minimum Gasteiger partial charge on any atom is -0.490 e. The summed E-state index contributed by atoms with van der Waals surface area (Å²) in [5.41, 5.74) is 1.20. The Hall–Kier alpha value is -1.55. The minimum atomic E-state index is 0.361. The lowest BCUT2D eigenvalue weighted by atomic mass is 10.0. The quantitative estimate of drug-likeness (QED) is 0.496. The summed E-state index contributed by atoms with van der Waals surface area (Å²) >= 11 is 0. The molecule has 0 amide bonds. The molecule has 0 aromatic heterocycles. The van der Waals surface area contributed by atoms with Crippen molar-refractivity contribution in [3.63, 3.8) is 0 Å². The number of carbonyl (C=O) groups excluding carboxylic acids is 1. The van der Waals surface area contributed by atoms with Gasteiger partial charge < -0.3 is 14.4 Å². The van der Waals surface area contributed by atoms with Gasteiger partial charge in [0, 0.05) is 19.4 Å². The van der Waals surface area contributed by atoms with Crippen LogP contribution in [0.15, 0.2) is 18.2 Å². The van der Waals surface area contributed by atoms with E-state index in [0.29, 0.717) is 31.8 Å². The van der Waals surface area contributed by atoms with E-state index in [1.54, 1.807) is 0 Å². The van der Waals surface area contributed by atoms with Crippen molar-refractivity contribution in [2.24, 2.45) is 0 Å². The van der Waals surface area contributed by atoms with Crippen LogP contribution in [0.5, 0.6) is 11.5 Å². The van der Waals surface area contributed by atoms with Crippen molar-refractivity contribution >= 4 is 5.78 Å². The Balaban J connectivity index is 2.45. The van der Waals surface area contributed by atoms with Crippen molar-refractivity contribution in [2.75, 3.05) is 32.8 Å². The van der Waals surface area contributed by atoms with E-state index in [4.69, 9.17) is 9.47 Å². The second kappa shape index (κ2) is 12.8. The molecule has 0 heterocycles. The first-order chi connectivity index (χ1) is 12.1. The maximum Gasteiger partial charge on any atom is 0.161 e. The first-order valence-corrected chi connectivity index (χ1v) is 9.77. The summed E-state index contributed by atoms with van der Waals surface area (Å²) in [6.45, 7) is 12.6. The molecule has 25 heavy (non-hydrogen) atoms. The average Bonchev–Trinajstić information content (AvgIpc) is 2.62. The number of Topliss-reactive ketones (excluding diaryl/α,β-unsaturated/α-hetero) is 1. The molecule has 1 aromatic carbocycles. The van der Waals surface area contributed by atoms with Crippen molar-refractivity contribution in [3.8, 4) is 11.5 Å². The minimum absolute atomic E-state index is 0.361. The fourth-order valence-corrected chi connectivity index (χ4v) is 2.74. The number of rotatable bonds is 14. The van der Waals surface area contributed by atoms with E-state index in [1.165, 1.54) is 5.56 Å². The lowest BCUT2D eigenvalue weighted by Crippen LogP contribution is -2.25. The molecule has 0 fully saturated rings. The van der Waals surface area contributed by atoms with E-state index in [9.17, 15) is 4.79 Å². The lowest BCUT2D eigenvalue weighted by molar-refractivity contribution is -0.119. The largest absolute Gasteiger partial charge is 0.490 e. The van der Waals surface area contributed by atoms with Crippen LogP contribution in [0.1, 0.15) is 58.9 Å². The zero-order chi connectivity index (χ0) is 18.5. The van der Waals surface area contributed by atoms with E-state index in [2.05, 4.69) is 37.8 Å². The van der Waals surface area contributed by atoms with Crippen LogP contribution in [0.4, 0.5) is 0 Å². The molecular weight excluding hydrogens is 314 g/mol. The molecule has 0 N–H and O–H groups in total. The van der Waals surface area contributed by atoms with Crippen LogP contribution in [0, 0.1) is 0 Å². The Morgan fingerprint density at radius 3 is 2.40 bits per heavy atom. The number of hydrogen-bond donors (Lipinski definition) is 0. The summed E-state index contributed by atoms with van der Waals surface area (Å²) in [5, 5.41) is 0. The lowest BCUT2D eigenvalue weighted by Gasteiger charge is -2.17. The number of aryl methyl sites for hydroxylation is 1. The van der Waals surface area contributed by atoms with E-state index >= 15 is 0 Å². The molecule has 142 valence electrons. The normalized spacial score (nSPS) is 10.9. The van der Waals surface area contributed by atoms with Gasteiger partial charge in [0.15, 0.2) is 11.5 Å². The molecule has 0 spiro atoms. The third kappa shape index (κ3) is 8.39. The molecule has 0 bridgehead atoms. The van der Waals surface area contributed by atoms with Gasteiger partial charge in [0.25, 0.3) is 0 Å². The van der Waals surface area contributed by atoms with Crippen LogP contribution >= 0.6 is 0 Å². The predicted octanol–water partition coefficient (Wildman–Crippen LogP) is 4.50. The van der Waals surface area contributed by atoms with E-state index in [0.717, 1.165) is 50.4 Å². The molecule has 0 atom stereocenters. The molecule has 0 saturated heterocycles. The van der Waals surface area contributed by atoms with Gasteiger partial charge >= 0.3 is 0 Å². The summed E-state index contributed by atoms with van der Waals surface area (Å²) in [6.07, 6.45) is 4.07.